The zero-order chi connectivity index (χ0) is 11.3. The van der Waals surface area contributed by atoms with Gasteiger partial charge in [0.15, 0.2) is 0 Å². The van der Waals surface area contributed by atoms with Gasteiger partial charge in [-0.3, -0.25) is 0 Å². The molecule has 0 amide bonds. The van der Waals surface area contributed by atoms with Crippen molar-refractivity contribution >= 4 is 0 Å². The van der Waals surface area contributed by atoms with E-state index >= 15 is 0 Å². The lowest BCUT2D eigenvalue weighted by molar-refractivity contribution is -0.140. The Morgan fingerprint density at radius 3 is 2.81 bits per heavy atom. The molecular weight excluding hydrogens is 202 g/mol. The van der Waals surface area contributed by atoms with Crippen LogP contribution >= 0.6 is 0 Å². The third kappa shape index (κ3) is 3.19. The Bertz CT molecular complexity index is 197. The zero-order valence-corrected chi connectivity index (χ0v) is 10.5. The second-order valence-electron chi connectivity index (χ2n) is 5.14. The van der Waals surface area contributed by atoms with E-state index in [1.807, 2.05) is 0 Å². The normalized spacial score (nSPS) is 29.4. The van der Waals surface area contributed by atoms with Crippen LogP contribution in [0.15, 0.2) is 0 Å². The van der Waals surface area contributed by atoms with Crippen LogP contribution in [0.4, 0.5) is 0 Å². The summed E-state index contributed by atoms with van der Waals surface area (Å²) in [6, 6.07) is 0.665. The maximum absolute atomic E-state index is 6.02. The van der Waals surface area contributed by atoms with Gasteiger partial charge in [0.05, 0.1) is 5.60 Å². The Balaban J connectivity index is 1.78. The van der Waals surface area contributed by atoms with Crippen molar-refractivity contribution in [2.24, 2.45) is 0 Å². The molecule has 2 aliphatic rings. The molecular formula is C13H25NO2. The van der Waals surface area contributed by atoms with E-state index in [0.717, 1.165) is 39.2 Å². The first-order valence-electron chi connectivity index (χ1n) is 6.80. The number of hydrogen-bond acceptors (Lipinski definition) is 3. The van der Waals surface area contributed by atoms with Crippen LogP contribution in [0, 0.1) is 0 Å². The summed E-state index contributed by atoms with van der Waals surface area (Å²) in [6.45, 7) is 6.08. The maximum Gasteiger partial charge on any atom is 0.0741 e. The van der Waals surface area contributed by atoms with E-state index in [0.29, 0.717) is 6.04 Å². The van der Waals surface area contributed by atoms with E-state index in [9.17, 15) is 0 Å². The first kappa shape index (κ1) is 12.3. The quantitative estimate of drug-likeness (QED) is 0.746. The molecule has 1 N–H and O–H groups in total. The largest absolute Gasteiger partial charge is 0.381 e. The lowest BCUT2D eigenvalue weighted by Crippen LogP contribution is -2.50. The minimum atomic E-state index is 0.139. The topological polar surface area (TPSA) is 30.5 Å². The van der Waals surface area contributed by atoms with Crippen molar-refractivity contribution in [2.75, 3.05) is 26.4 Å². The summed E-state index contributed by atoms with van der Waals surface area (Å²) in [4.78, 5) is 0. The van der Waals surface area contributed by atoms with Crippen LogP contribution in [0.3, 0.4) is 0 Å². The van der Waals surface area contributed by atoms with E-state index < -0.39 is 0 Å². The summed E-state index contributed by atoms with van der Waals surface area (Å²) >= 11 is 0. The maximum atomic E-state index is 6.02. The standard InChI is InChI=1S/C13H25NO2/c1-2-3-7-14-12-4-8-16-13(11-12)5-9-15-10-6-13/h12,14H,2-11H2,1H3. The molecule has 0 aromatic rings. The molecule has 3 heteroatoms. The minimum Gasteiger partial charge on any atom is -0.381 e. The van der Waals surface area contributed by atoms with Gasteiger partial charge >= 0.3 is 0 Å². The Morgan fingerprint density at radius 2 is 2.06 bits per heavy atom. The summed E-state index contributed by atoms with van der Waals surface area (Å²) in [6.07, 6.45) is 7.08. The smallest absolute Gasteiger partial charge is 0.0741 e. The molecule has 1 atom stereocenters. The highest BCUT2D eigenvalue weighted by Gasteiger charge is 2.38. The van der Waals surface area contributed by atoms with Gasteiger partial charge < -0.3 is 14.8 Å². The monoisotopic (exact) mass is 227 g/mol. The minimum absolute atomic E-state index is 0.139. The first-order valence-corrected chi connectivity index (χ1v) is 6.80. The molecule has 1 unspecified atom stereocenters. The van der Waals surface area contributed by atoms with Gasteiger partial charge in [-0.2, -0.15) is 0 Å². The molecule has 16 heavy (non-hydrogen) atoms. The van der Waals surface area contributed by atoms with Crippen LogP contribution in [0.5, 0.6) is 0 Å². The molecule has 2 fully saturated rings. The SMILES string of the molecule is CCCCNC1CCOC2(CCOCC2)C1. The lowest BCUT2D eigenvalue weighted by Gasteiger charge is -2.43. The molecule has 94 valence electrons. The molecule has 0 saturated carbocycles. The highest BCUT2D eigenvalue weighted by molar-refractivity contribution is 4.91. The van der Waals surface area contributed by atoms with Crippen LogP contribution in [0.25, 0.3) is 0 Å². The van der Waals surface area contributed by atoms with E-state index in [1.54, 1.807) is 0 Å². The van der Waals surface area contributed by atoms with Crippen molar-refractivity contribution in [3.63, 3.8) is 0 Å². The fourth-order valence-electron chi connectivity index (χ4n) is 2.78. The van der Waals surface area contributed by atoms with Gasteiger partial charge in [-0.15, -0.1) is 0 Å². The summed E-state index contributed by atoms with van der Waals surface area (Å²) in [5, 5.41) is 3.67. The molecule has 0 aromatic heterocycles. The van der Waals surface area contributed by atoms with Crippen LogP contribution < -0.4 is 5.32 Å². The second-order valence-corrected chi connectivity index (χ2v) is 5.14. The molecule has 2 saturated heterocycles. The van der Waals surface area contributed by atoms with E-state index in [1.165, 1.54) is 25.7 Å². The molecule has 0 radical (unpaired) electrons. The molecule has 0 bridgehead atoms. The van der Waals surface area contributed by atoms with Gasteiger partial charge in [0.2, 0.25) is 0 Å². The number of nitrogens with one attached hydrogen (secondary N) is 1. The van der Waals surface area contributed by atoms with Gasteiger partial charge in [0.1, 0.15) is 0 Å². The predicted molar refractivity (Wildman–Crippen MR) is 64.7 cm³/mol. The third-order valence-electron chi connectivity index (χ3n) is 3.86. The van der Waals surface area contributed by atoms with Gasteiger partial charge in [-0.1, -0.05) is 13.3 Å². The number of ether oxygens (including phenoxy) is 2. The zero-order valence-electron chi connectivity index (χ0n) is 10.5. The molecule has 2 aliphatic heterocycles. The van der Waals surface area contributed by atoms with Crippen molar-refractivity contribution in [3.8, 4) is 0 Å². The summed E-state index contributed by atoms with van der Waals surface area (Å²) in [7, 11) is 0. The number of hydrogen-bond donors (Lipinski definition) is 1. The third-order valence-corrected chi connectivity index (χ3v) is 3.86. The first-order chi connectivity index (χ1) is 7.85. The van der Waals surface area contributed by atoms with Gasteiger partial charge in [0.25, 0.3) is 0 Å². The van der Waals surface area contributed by atoms with Crippen molar-refractivity contribution < 1.29 is 9.47 Å². The Hall–Kier alpha value is -0.120. The second kappa shape index (κ2) is 5.99. The molecule has 1 spiro atoms. The number of rotatable bonds is 4. The van der Waals surface area contributed by atoms with Crippen molar-refractivity contribution in [1.29, 1.82) is 0 Å². The molecule has 2 heterocycles. The van der Waals surface area contributed by atoms with Crippen molar-refractivity contribution in [3.05, 3.63) is 0 Å². The van der Waals surface area contributed by atoms with Crippen LogP contribution in [0.1, 0.15) is 45.4 Å². The summed E-state index contributed by atoms with van der Waals surface area (Å²) in [5.41, 5.74) is 0.139. The van der Waals surface area contributed by atoms with E-state index in [-0.39, 0.29) is 5.60 Å². The van der Waals surface area contributed by atoms with Crippen LogP contribution in [0.2, 0.25) is 0 Å². The van der Waals surface area contributed by atoms with Crippen molar-refractivity contribution in [1.82, 2.24) is 5.32 Å². The molecule has 0 aromatic carbocycles. The van der Waals surface area contributed by atoms with E-state index in [4.69, 9.17) is 9.47 Å². The Morgan fingerprint density at radius 1 is 1.25 bits per heavy atom. The summed E-state index contributed by atoms with van der Waals surface area (Å²) in [5.74, 6) is 0. The predicted octanol–water partition coefficient (Wildman–Crippen LogP) is 2.10. The van der Waals surface area contributed by atoms with Gasteiger partial charge in [-0.05, 0) is 38.6 Å². The Labute approximate surface area is 98.9 Å². The highest BCUT2D eigenvalue weighted by atomic mass is 16.5. The van der Waals surface area contributed by atoms with Gasteiger partial charge in [0, 0.05) is 25.9 Å². The number of unbranched alkanes of at least 4 members (excludes halogenated alkanes) is 1. The fraction of sp³-hybridized carbons (Fsp3) is 1.00. The average molecular weight is 227 g/mol. The van der Waals surface area contributed by atoms with E-state index in [2.05, 4.69) is 12.2 Å². The molecule has 3 nitrogen and oxygen atoms in total. The molecule has 0 aliphatic carbocycles. The fourth-order valence-corrected chi connectivity index (χ4v) is 2.78. The summed E-state index contributed by atoms with van der Waals surface area (Å²) < 4.78 is 11.5. The molecule has 2 rings (SSSR count). The van der Waals surface area contributed by atoms with Crippen LogP contribution in [-0.2, 0) is 9.47 Å². The highest BCUT2D eigenvalue weighted by Crippen LogP contribution is 2.34. The van der Waals surface area contributed by atoms with Crippen LogP contribution in [-0.4, -0.2) is 38.0 Å². The Kier molecular flexibility index (Phi) is 4.62. The van der Waals surface area contributed by atoms with Crippen molar-refractivity contribution in [2.45, 2.75) is 57.1 Å². The van der Waals surface area contributed by atoms with Gasteiger partial charge in [-0.25, -0.2) is 0 Å². The average Bonchev–Trinajstić information content (AvgIpc) is 2.31. The lowest BCUT2D eigenvalue weighted by atomic mass is 9.84.